The summed E-state index contributed by atoms with van der Waals surface area (Å²) >= 11 is 1.76. The second-order valence-electron chi connectivity index (χ2n) is 5.78. The van der Waals surface area contributed by atoms with Gasteiger partial charge in [0.25, 0.3) is 0 Å². The first-order valence-corrected chi connectivity index (χ1v) is 8.45. The van der Waals surface area contributed by atoms with E-state index in [4.69, 9.17) is 4.74 Å². The number of hydrogen-bond donors (Lipinski definition) is 1. The van der Waals surface area contributed by atoms with Crippen LogP contribution in [0.25, 0.3) is 0 Å². The highest BCUT2D eigenvalue weighted by Gasteiger charge is 2.22. The summed E-state index contributed by atoms with van der Waals surface area (Å²) in [4.78, 5) is 5.57. The van der Waals surface area contributed by atoms with E-state index in [0.29, 0.717) is 5.92 Å². The third-order valence-corrected chi connectivity index (χ3v) is 4.71. The summed E-state index contributed by atoms with van der Waals surface area (Å²) in [5.41, 5.74) is 3.27. The number of aromatic nitrogens is 1. The molecule has 1 heterocycles. The molecule has 1 aromatic carbocycles. The van der Waals surface area contributed by atoms with Crippen LogP contribution < -0.4 is 10.1 Å². The lowest BCUT2D eigenvalue weighted by Crippen LogP contribution is -2.27. The SMILES string of the molecule is COc1cccc(CC(CNC2CC2)Cc2cncs2)c1. The van der Waals surface area contributed by atoms with E-state index >= 15 is 0 Å². The minimum absolute atomic E-state index is 0.609. The van der Waals surface area contributed by atoms with E-state index in [1.54, 1.807) is 18.4 Å². The van der Waals surface area contributed by atoms with Crippen molar-refractivity contribution in [1.29, 1.82) is 0 Å². The molecule has 1 fully saturated rings. The Morgan fingerprint density at radius 1 is 1.38 bits per heavy atom. The van der Waals surface area contributed by atoms with E-state index < -0.39 is 0 Å². The molecule has 0 saturated heterocycles. The third-order valence-electron chi connectivity index (χ3n) is 3.90. The summed E-state index contributed by atoms with van der Waals surface area (Å²) < 4.78 is 5.33. The van der Waals surface area contributed by atoms with Crippen LogP contribution in [0.15, 0.2) is 36.0 Å². The molecule has 1 saturated carbocycles. The molecule has 1 N–H and O–H groups in total. The van der Waals surface area contributed by atoms with Crippen LogP contribution in [0.4, 0.5) is 0 Å². The topological polar surface area (TPSA) is 34.1 Å². The average molecular weight is 302 g/mol. The number of thiazole rings is 1. The number of nitrogens with zero attached hydrogens (tertiary/aromatic N) is 1. The standard InChI is InChI=1S/C17H22N2OS/c1-20-16-4-2-3-13(8-16)7-14(10-19-15-5-6-15)9-17-11-18-12-21-17/h2-4,8,11-12,14-15,19H,5-7,9-10H2,1H3. The van der Waals surface area contributed by atoms with Crippen molar-refractivity contribution >= 4 is 11.3 Å². The second-order valence-corrected chi connectivity index (χ2v) is 6.75. The zero-order valence-corrected chi connectivity index (χ0v) is 13.2. The van der Waals surface area contributed by atoms with Crippen LogP contribution in [0.5, 0.6) is 5.75 Å². The highest BCUT2D eigenvalue weighted by molar-refractivity contribution is 7.09. The van der Waals surface area contributed by atoms with Crippen molar-refractivity contribution in [2.24, 2.45) is 5.92 Å². The van der Waals surface area contributed by atoms with Crippen LogP contribution in [0, 0.1) is 5.92 Å². The highest BCUT2D eigenvalue weighted by atomic mass is 32.1. The minimum atomic E-state index is 0.609. The van der Waals surface area contributed by atoms with Gasteiger partial charge in [0.15, 0.2) is 0 Å². The molecule has 0 amide bonds. The number of hydrogen-bond acceptors (Lipinski definition) is 4. The predicted octanol–water partition coefficient (Wildman–Crippen LogP) is 3.31. The van der Waals surface area contributed by atoms with E-state index in [1.165, 1.54) is 23.3 Å². The van der Waals surface area contributed by atoms with Crippen LogP contribution in [-0.2, 0) is 12.8 Å². The molecule has 3 rings (SSSR count). The van der Waals surface area contributed by atoms with E-state index in [0.717, 1.165) is 31.2 Å². The molecule has 3 nitrogen and oxygen atoms in total. The van der Waals surface area contributed by atoms with Gasteiger partial charge < -0.3 is 10.1 Å². The molecule has 0 radical (unpaired) electrons. The van der Waals surface area contributed by atoms with Gasteiger partial charge in [-0.2, -0.15) is 0 Å². The van der Waals surface area contributed by atoms with Crippen LogP contribution >= 0.6 is 11.3 Å². The van der Waals surface area contributed by atoms with Crippen LogP contribution in [-0.4, -0.2) is 24.7 Å². The molecule has 1 aliphatic carbocycles. The summed E-state index contributed by atoms with van der Waals surface area (Å²) in [6, 6.07) is 9.19. The van der Waals surface area contributed by atoms with Gasteiger partial charge in [0.05, 0.1) is 12.6 Å². The van der Waals surface area contributed by atoms with Gasteiger partial charge in [-0.05, 0) is 55.8 Å². The van der Waals surface area contributed by atoms with Gasteiger partial charge in [-0.15, -0.1) is 11.3 Å². The van der Waals surface area contributed by atoms with Gasteiger partial charge in [0.1, 0.15) is 5.75 Å². The van der Waals surface area contributed by atoms with Crippen LogP contribution in [0.3, 0.4) is 0 Å². The molecule has 0 aliphatic heterocycles. The monoisotopic (exact) mass is 302 g/mol. The molecule has 112 valence electrons. The Bertz CT molecular complexity index is 552. The Kier molecular flexibility index (Phi) is 4.88. The lowest BCUT2D eigenvalue weighted by Gasteiger charge is -2.17. The molecule has 1 aromatic heterocycles. The maximum Gasteiger partial charge on any atom is 0.119 e. The quantitative estimate of drug-likeness (QED) is 0.812. The molecule has 1 aliphatic rings. The summed E-state index contributed by atoms with van der Waals surface area (Å²) in [5.74, 6) is 1.55. The Labute approximate surface area is 130 Å². The largest absolute Gasteiger partial charge is 0.497 e. The Hall–Kier alpha value is -1.39. The van der Waals surface area contributed by atoms with Gasteiger partial charge in [-0.1, -0.05) is 12.1 Å². The molecule has 1 atom stereocenters. The highest BCUT2D eigenvalue weighted by Crippen LogP contribution is 2.22. The first kappa shape index (κ1) is 14.5. The van der Waals surface area contributed by atoms with E-state index in [9.17, 15) is 0 Å². The van der Waals surface area contributed by atoms with E-state index in [2.05, 4.69) is 28.5 Å². The summed E-state index contributed by atoms with van der Waals surface area (Å²) in [5, 5.41) is 3.67. The van der Waals surface area contributed by atoms with Gasteiger partial charge in [0.2, 0.25) is 0 Å². The molecule has 0 spiro atoms. The fourth-order valence-corrected chi connectivity index (χ4v) is 3.31. The van der Waals surface area contributed by atoms with Crippen molar-refractivity contribution in [3.63, 3.8) is 0 Å². The Balaban J connectivity index is 1.64. The van der Waals surface area contributed by atoms with Gasteiger partial charge in [-0.25, -0.2) is 0 Å². The second kappa shape index (κ2) is 7.05. The number of methoxy groups -OCH3 is 1. The third kappa shape index (κ3) is 4.55. The predicted molar refractivity (Wildman–Crippen MR) is 87.0 cm³/mol. The van der Waals surface area contributed by atoms with E-state index in [-0.39, 0.29) is 0 Å². The fourth-order valence-electron chi connectivity index (χ4n) is 2.60. The number of ether oxygens (including phenoxy) is 1. The van der Waals surface area contributed by atoms with Crippen molar-refractivity contribution in [2.75, 3.05) is 13.7 Å². The summed E-state index contributed by atoms with van der Waals surface area (Å²) in [6.07, 6.45) is 6.86. The Morgan fingerprint density at radius 2 is 2.29 bits per heavy atom. The lowest BCUT2D eigenvalue weighted by molar-refractivity contribution is 0.413. The smallest absolute Gasteiger partial charge is 0.119 e. The summed E-state index contributed by atoms with van der Waals surface area (Å²) in [6.45, 7) is 1.08. The van der Waals surface area contributed by atoms with Crippen LogP contribution in [0.2, 0.25) is 0 Å². The molecular weight excluding hydrogens is 280 g/mol. The van der Waals surface area contributed by atoms with Crippen molar-refractivity contribution in [2.45, 2.75) is 31.7 Å². The zero-order chi connectivity index (χ0) is 14.5. The van der Waals surface area contributed by atoms with Gasteiger partial charge in [-0.3, -0.25) is 4.98 Å². The van der Waals surface area contributed by atoms with Crippen molar-refractivity contribution < 1.29 is 4.74 Å². The molecule has 4 heteroatoms. The molecule has 21 heavy (non-hydrogen) atoms. The molecule has 2 aromatic rings. The Morgan fingerprint density at radius 3 is 3.00 bits per heavy atom. The van der Waals surface area contributed by atoms with Crippen molar-refractivity contribution in [3.8, 4) is 5.75 Å². The number of benzene rings is 1. The van der Waals surface area contributed by atoms with Crippen molar-refractivity contribution in [1.82, 2.24) is 10.3 Å². The van der Waals surface area contributed by atoms with Gasteiger partial charge in [0, 0.05) is 17.1 Å². The van der Waals surface area contributed by atoms with E-state index in [1.807, 2.05) is 17.8 Å². The molecular formula is C17H22N2OS. The van der Waals surface area contributed by atoms with Crippen LogP contribution in [0.1, 0.15) is 23.3 Å². The van der Waals surface area contributed by atoms with Crippen molar-refractivity contribution in [3.05, 3.63) is 46.4 Å². The number of rotatable bonds is 8. The molecule has 1 unspecified atom stereocenters. The average Bonchev–Trinajstić information content (AvgIpc) is 3.21. The van der Waals surface area contributed by atoms with Gasteiger partial charge >= 0.3 is 0 Å². The zero-order valence-electron chi connectivity index (χ0n) is 12.4. The first-order chi connectivity index (χ1) is 10.3. The first-order valence-electron chi connectivity index (χ1n) is 7.57. The minimum Gasteiger partial charge on any atom is -0.497 e. The normalized spacial score (nSPS) is 15.9. The fraction of sp³-hybridized carbons (Fsp3) is 0.471. The maximum atomic E-state index is 5.33. The summed E-state index contributed by atoms with van der Waals surface area (Å²) in [7, 11) is 1.72. The lowest BCUT2D eigenvalue weighted by atomic mass is 9.95. The number of nitrogens with one attached hydrogen (secondary N) is 1. The molecule has 0 bridgehead atoms. The maximum absolute atomic E-state index is 5.33.